The molecule has 1 aromatic heterocycles. The molecule has 6 nitrogen and oxygen atoms in total. The molecule has 0 aliphatic carbocycles. The Bertz CT molecular complexity index is 737. The van der Waals surface area contributed by atoms with Gasteiger partial charge in [0.1, 0.15) is 6.07 Å². The molecule has 1 fully saturated rings. The van der Waals surface area contributed by atoms with Crippen LogP contribution in [0.4, 0.5) is 11.6 Å². The number of rotatable bonds is 3. The highest BCUT2D eigenvalue weighted by atomic mass is 35.5. The fourth-order valence-corrected chi connectivity index (χ4v) is 2.77. The van der Waals surface area contributed by atoms with Gasteiger partial charge in [0, 0.05) is 44.1 Å². The molecule has 7 heteroatoms. The van der Waals surface area contributed by atoms with Crippen LogP contribution in [0.5, 0.6) is 5.88 Å². The fourth-order valence-electron chi connectivity index (χ4n) is 2.55. The lowest BCUT2D eigenvalue weighted by Crippen LogP contribution is -2.47. The summed E-state index contributed by atoms with van der Waals surface area (Å²) in [6, 6.07) is 9.35. The molecule has 0 radical (unpaired) electrons. The van der Waals surface area contributed by atoms with Crippen molar-refractivity contribution in [3.8, 4) is 11.9 Å². The van der Waals surface area contributed by atoms with E-state index in [1.54, 1.807) is 25.4 Å². The molecule has 118 valence electrons. The van der Waals surface area contributed by atoms with Gasteiger partial charge >= 0.3 is 0 Å². The van der Waals surface area contributed by atoms with Crippen LogP contribution in [0.25, 0.3) is 0 Å². The van der Waals surface area contributed by atoms with Crippen molar-refractivity contribution in [3.05, 3.63) is 41.0 Å². The number of ether oxygens (including phenoxy) is 1. The van der Waals surface area contributed by atoms with E-state index in [1.807, 2.05) is 12.1 Å². The lowest BCUT2D eigenvalue weighted by Gasteiger charge is -2.36. The number of hydrogen-bond acceptors (Lipinski definition) is 6. The number of nitrogens with zero attached hydrogens (tertiary/aromatic N) is 5. The van der Waals surface area contributed by atoms with E-state index in [4.69, 9.17) is 21.6 Å². The minimum Gasteiger partial charge on any atom is -0.481 e. The van der Waals surface area contributed by atoms with Gasteiger partial charge in [0.25, 0.3) is 0 Å². The number of piperazine rings is 1. The van der Waals surface area contributed by atoms with Crippen LogP contribution in [-0.2, 0) is 0 Å². The van der Waals surface area contributed by atoms with E-state index in [9.17, 15) is 0 Å². The number of anilines is 2. The molecule has 0 bridgehead atoms. The third kappa shape index (κ3) is 3.30. The van der Waals surface area contributed by atoms with Gasteiger partial charge in [0.2, 0.25) is 11.8 Å². The van der Waals surface area contributed by atoms with E-state index < -0.39 is 0 Å². The minimum absolute atomic E-state index is 0.489. The predicted octanol–water partition coefficient (Wildman–Crippen LogP) is 2.34. The second-order valence-electron chi connectivity index (χ2n) is 5.15. The molecular formula is C16H16ClN5O. The van der Waals surface area contributed by atoms with Crippen molar-refractivity contribution in [2.45, 2.75) is 0 Å². The quantitative estimate of drug-likeness (QED) is 0.861. The predicted molar refractivity (Wildman–Crippen MR) is 89.2 cm³/mol. The van der Waals surface area contributed by atoms with Crippen molar-refractivity contribution in [2.24, 2.45) is 0 Å². The van der Waals surface area contributed by atoms with Gasteiger partial charge in [-0.2, -0.15) is 10.2 Å². The molecule has 0 saturated carbocycles. The Morgan fingerprint density at radius 3 is 2.57 bits per heavy atom. The average molecular weight is 330 g/mol. The monoisotopic (exact) mass is 329 g/mol. The number of benzene rings is 1. The van der Waals surface area contributed by atoms with E-state index in [0.29, 0.717) is 22.4 Å². The molecule has 2 aromatic rings. The van der Waals surface area contributed by atoms with Crippen LogP contribution in [0.3, 0.4) is 0 Å². The van der Waals surface area contributed by atoms with Gasteiger partial charge in [-0.15, -0.1) is 0 Å². The second-order valence-corrected chi connectivity index (χ2v) is 5.56. The van der Waals surface area contributed by atoms with E-state index in [0.717, 1.165) is 31.9 Å². The van der Waals surface area contributed by atoms with Crippen LogP contribution in [-0.4, -0.2) is 43.3 Å². The maximum absolute atomic E-state index is 8.94. The SMILES string of the molecule is COc1ccnc(N2CCN(c3ccc(C#N)c(Cl)c3)CC2)n1. The topological polar surface area (TPSA) is 65.3 Å². The molecule has 2 heterocycles. The first-order valence-corrected chi connectivity index (χ1v) is 7.65. The van der Waals surface area contributed by atoms with E-state index in [-0.39, 0.29) is 0 Å². The summed E-state index contributed by atoms with van der Waals surface area (Å²) >= 11 is 6.11. The van der Waals surface area contributed by atoms with Gasteiger partial charge in [-0.25, -0.2) is 4.98 Å². The number of methoxy groups -OCH3 is 1. The standard InChI is InChI=1S/C16H16ClN5O/c1-23-15-4-5-19-16(20-15)22-8-6-21(7-9-22)13-3-2-12(11-18)14(17)10-13/h2-5,10H,6-9H2,1H3. The van der Waals surface area contributed by atoms with Gasteiger partial charge in [-0.05, 0) is 18.2 Å². The van der Waals surface area contributed by atoms with Gasteiger partial charge in [0.15, 0.2) is 0 Å². The zero-order valence-electron chi connectivity index (χ0n) is 12.7. The Hall–Kier alpha value is -2.52. The van der Waals surface area contributed by atoms with E-state index >= 15 is 0 Å². The van der Waals surface area contributed by atoms with Crippen LogP contribution in [0.2, 0.25) is 5.02 Å². The summed E-state index contributed by atoms with van der Waals surface area (Å²) in [4.78, 5) is 13.0. The summed E-state index contributed by atoms with van der Waals surface area (Å²) in [5, 5.41) is 9.43. The fraction of sp³-hybridized carbons (Fsp3) is 0.312. The third-order valence-corrected chi connectivity index (χ3v) is 4.14. The molecule has 1 aromatic carbocycles. The zero-order chi connectivity index (χ0) is 16.2. The highest BCUT2D eigenvalue weighted by Gasteiger charge is 2.20. The molecule has 0 spiro atoms. The van der Waals surface area contributed by atoms with Crippen molar-refractivity contribution in [1.82, 2.24) is 9.97 Å². The number of aromatic nitrogens is 2. The molecule has 0 atom stereocenters. The van der Waals surface area contributed by atoms with E-state index in [1.165, 1.54) is 0 Å². The maximum Gasteiger partial charge on any atom is 0.228 e. The summed E-state index contributed by atoms with van der Waals surface area (Å²) in [6.07, 6.45) is 1.70. The van der Waals surface area contributed by atoms with Crippen LogP contribution >= 0.6 is 11.6 Å². The summed E-state index contributed by atoms with van der Waals surface area (Å²) in [7, 11) is 1.60. The Morgan fingerprint density at radius 1 is 1.17 bits per heavy atom. The van der Waals surface area contributed by atoms with Gasteiger partial charge in [-0.1, -0.05) is 11.6 Å². The molecule has 1 saturated heterocycles. The molecule has 0 unspecified atom stereocenters. The number of hydrogen-bond donors (Lipinski definition) is 0. The average Bonchev–Trinajstić information content (AvgIpc) is 2.62. The Labute approximate surface area is 139 Å². The maximum atomic E-state index is 8.94. The molecule has 23 heavy (non-hydrogen) atoms. The summed E-state index contributed by atoms with van der Waals surface area (Å²) in [6.45, 7) is 3.29. The summed E-state index contributed by atoms with van der Waals surface area (Å²) < 4.78 is 5.14. The molecule has 3 rings (SSSR count). The summed E-state index contributed by atoms with van der Waals surface area (Å²) in [5.41, 5.74) is 1.53. The van der Waals surface area contributed by atoms with Crippen molar-refractivity contribution >= 4 is 23.2 Å². The Kier molecular flexibility index (Phi) is 4.49. The van der Waals surface area contributed by atoms with Gasteiger partial charge in [0.05, 0.1) is 17.7 Å². The lowest BCUT2D eigenvalue weighted by molar-refractivity contribution is 0.396. The highest BCUT2D eigenvalue weighted by Crippen LogP contribution is 2.25. The first kappa shape index (κ1) is 15.4. The van der Waals surface area contributed by atoms with Crippen LogP contribution in [0.15, 0.2) is 30.5 Å². The van der Waals surface area contributed by atoms with Crippen molar-refractivity contribution in [2.75, 3.05) is 43.1 Å². The lowest BCUT2D eigenvalue weighted by atomic mass is 10.2. The highest BCUT2D eigenvalue weighted by molar-refractivity contribution is 6.32. The smallest absolute Gasteiger partial charge is 0.228 e. The number of halogens is 1. The van der Waals surface area contributed by atoms with Crippen molar-refractivity contribution in [3.63, 3.8) is 0 Å². The van der Waals surface area contributed by atoms with Gasteiger partial charge < -0.3 is 14.5 Å². The zero-order valence-corrected chi connectivity index (χ0v) is 13.5. The second kappa shape index (κ2) is 6.71. The Morgan fingerprint density at radius 2 is 1.91 bits per heavy atom. The largest absolute Gasteiger partial charge is 0.481 e. The molecule has 1 aliphatic heterocycles. The molecular weight excluding hydrogens is 314 g/mol. The first-order valence-electron chi connectivity index (χ1n) is 7.28. The molecule has 0 amide bonds. The minimum atomic E-state index is 0.489. The molecule has 0 N–H and O–H groups in total. The van der Waals surface area contributed by atoms with Crippen LogP contribution in [0.1, 0.15) is 5.56 Å². The number of nitriles is 1. The van der Waals surface area contributed by atoms with Crippen molar-refractivity contribution < 1.29 is 4.74 Å². The summed E-state index contributed by atoms with van der Waals surface area (Å²) in [5.74, 6) is 1.25. The molecule has 1 aliphatic rings. The first-order chi connectivity index (χ1) is 11.2. The normalized spacial score (nSPS) is 14.5. The van der Waals surface area contributed by atoms with Crippen LogP contribution in [0, 0.1) is 11.3 Å². The van der Waals surface area contributed by atoms with Gasteiger partial charge in [-0.3, -0.25) is 0 Å². The van der Waals surface area contributed by atoms with Crippen LogP contribution < -0.4 is 14.5 Å². The Balaban J connectivity index is 1.68. The van der Waals surface area contributed by atoms with E-state index in [2.05, 4.69) is 25.8 Å². The van der Waals surface area contributed by atoms with Crippen molar-refractivity contribution in [1.29, 1.82) is 5.26 Å². The third-order valence-electron chi connectivity index (χ3n) is 3.83.